The number of unbranched alkanes of at least 4 members (excludes halogenated alkanes) is 4. The Morgan fingerprint density at radius 3 is 2.43 bits per heavy atom. The fourth-order valence-corrected chi connectivity index (χ4v) is 4.92. The molecule has 2 rings (SSSR count). The molecule has 0 aromatic carbocycles. The minimum atomic E-state index is -0.734. The summed E-state index contributed by atoms with van der Waals surface area (Å²) in [5, 5.41) is 19.2. The first kappa shape index (κ1) is 24.8. The summed E-state index contributed by atoms with van der Waals surface area (Å²) < 4.78 is 0. The minimum Gasteiger partial charge on any atom is -0.481 e. The molecule has 4 atom stereocenters. The van der Waals surface area contributed by atoms with E-state index in [1.54, 1.807) is 13.0 Å². The van der Waals surface area contributed by atoms with Crippen molar-refractivity contribution < 1.29 is 19.8 Å². The predicted molar refractivity (Wildman–Crippen MR) is 121 cm³/mol. The second kappa shape index (κ2) is 13.8. The van der Waals surface area contributed by atoms with Crippen molar-refractivity contribution in [1.82, 2.24) is 0 Å². The first-order valence-corrected chi connectivity index (χ1v) is 12.3. The number of aliphatic hydroxyl groups excluding tert-OH is 1. The topological polar surface area (TPSA) is 74.6 Å². The lowest BCUT2D eigenvalue weighted by molar-refractivity contribution is -0.141. The Kier molecular flexibility index (Phi) is 11.4. The largest absolute Gasteiger partial charge is 0.481 e. The van der Waals surface area contributed by atoms with E-state index in [1.807, 2.05) is 18.2 Å². The van der Waals surface area contributed by atoms with E-state index in [2.05, 4.69) is 0 Å². The standard InChI is InChI=1S/C26H42O4/c1-20(26(29)30)10-4-2-7-15-24-22(17-19-25(24)28)16-18-23(27)14-6-3-5-11-21-12-8-9-13-21/h16-24,27H,2-15H2,1H3,(H,29,30)/t20?,22-,23?,24+/m0/s1. The Bertz CT molecular complexity index is 574. The van der Waals surface area contributed by atoms with E-state index in [9.17, 15) is 14.7 Å². The molecule has 2 N–H and O–H groups in total. The predicted octanol–water partition coefficient (Wildman–Crippen LogP) is 6.09. The van der Waals surface area contributed by atoms with E-state index < -0.39 is 12.1 Å². The molecule has 2 aliphatic rings. The van der Waals surface area contributed by atoms with Gasteiger partial charge in [-0.2, -0.15) is 0 Å². The van der Waals surface area contributed by atoms with E-state index >= 15 is 0 Å². The molecule has 0 bridgehead atoms. The van der Waals surface area contributed by atoms with Gasteiger partial charge in [-0.15, -0.1) is 0 Å². The van der Waals surface area contributed by atoms with Crippen LogP contribution >= 0.6 is 0 Å². The van der Waals surface area contributed by atoms with Crippen LogP contribution in [-0.4, -0.2) is 28.1 Å². The van der Waals surface area contributed by atoms with Crippen molar-refractivity contribution in [1.29, 1.82) is 0 Å². The summed E-state index contributed by atoms with van der Waals surface area (Å²) in [4.78, 5) is 23.0. The summed E-state index contributed by atoms with van der Waals surface area (Å²) in [6.45, 7) is 1.74. The van der Waals surface area contributed by atoms with Gasteiger partial charge in [-0.3, -0.25) is 9.59 Å². The van der Waals surface area contributed by atoms with Gasteiger partial charge in [0.1, 0.15) is 0 Å². The fourth-order valence-electron chi connectivity index (χ4n) is 4.92. The smallest absolute Gasteiger partial charge is 0.306 e. The third-order valence-electron chi connectivity index (χ3n) is 7.03. The second-order valence-electron chi connectivity index (χ2n) is 9.56. The maximum atomic E-state index is 12.2. The van der Waals surface area contributed by atoms with Crippen molar-refractivity contribution in [3.8, 4) is 0 Å². The van der Waals surface area contributed by atoms with Crippen LogP contribution in [0.2, 0.25) is 0 Å². The van der Waals surface area contributed by atoms with E-state index in [4.69, 9.17) is 5.11 Å². The van der Waals surface area contributed by atoms with Crippen LogP contribution in [0.5, 0.6) is 0 Å². The van der Waals surface area contributed by atoms with Crippen molar-refractivity contribution in [3.63, 3.8) is 0 Å². The van der Waals surface area contributed by atoms with Crippen molar-refractivity contribution in [3.05, 3.63) is 24.3 Å². The highest BCUT2D eigenvalue weighted by atomic mass is 16.4. The zero-order valence-electron chi connectivity index (χ0n) is 18.8. The van der Waals surface area contributed by atoms with Gasteiger partial charge >= 0.3 is 5.97 Å². The number of rotatable bonds is 15. The molecular weight excluding hydrogens is 376 g/mol. The van der Waals surface area contributed by atoms with E-state index in [1.165, 1.54) is 44.9 Å². The van der Waals surface area contributed by atoms with Crippen LogP contribution in [0, 0.1) is 23.7 Å². The quantitative estimate of drug-likeness (QED) is 0.249. The normalized spacial score (nSPS) is 24.1. The maximum absolute atomic E-state index is 12.2. The van der Waals surface area contributed by atoms with E-state index in [-0.39, 0.29) is 23.5 Å². The molecule has 4 nitrogen and oxygen atoms in total. The highest BCUT2D eigenvalue weighted by Crippen LogP contribution is 2.30. The summed E-state index contributed by atoms with van der Waals surface area (Å²) in [6.07, 6.45) is 22.8. The Morgan fingerprint density at radius 2 is 1.73 bits per heavy atom. The number of aliphatic hydroxyl groups is 1. The molecule has 170 valence electrons. The van der Waals surface area contributed by atoms with Gasteiger partial charge in [0.15, 0.2) is 5.78 Å². The van der Waals surface area contributed by atoms with Crippen LogP contribution in [0.3, 0.4) is 0 Å². The molecular formula is C26H42O4. The molecule has 0 saturated heterocycles. The van der Waals surface area contributed by atoms with Gasteiger partial charge in [0.05, 0.1) is 12.0 Å². The van der Waals surface area contributed by atoms with Gasteiger partial charge in [0, 0.05) is 11.8 Å². The number of hydrogen-bond acceptors (Lipinski definition) is 3. The molecule has 30 heavy (non-hydrogen) atoms. The summed E-state index contributed by atoms with van der Waals surface area (Å²) in [5.41, 5.74) is 0. The number of ketones is 1. The molecule has 4 heteroatoms. The molecule has 0 aromatic heterocycles. The molecule has 0 aliphatic heterocycles. The Hall–Kier alpha value is -1.42. The van der Waals surface area contributed by atoms with Gasteiger partial charge in [-0.05, 0) is 31.3 Å². The average Bonchev–Trinajstić information content (AvgIpc) is 3.35. The molecule has 1 fully saturated rings. The summed E-state index contributed by atoms with van der Waals surface area (Å²) in [7, 11) is 0. The van der Waals surface area contributed by atoms with E-state index in [0.29, 0.717) is 6.42 Å². The SMILES string of the molecule is CC(CCCCC[C@H]1C(=O)C=C[C@@H]1C=CC(O)CCCCCC1CCCC1)C(=O)O. The molecule has 0 amide bonds. The summed E-state index contributed by atoms with van der Waals surface area (Å²) >= 11 is 0. The van der Waals surface area contributed by atoms with Crippen LogP contribution in [0.4, 0.5) is 0 Å². The average molecular weight is 419 g/mol. The third kappa shape index (κ3) is 9.16. The maximum Gasteiger partial charge on any atom is 0.306 e. The van der Waals surface area contributed by atoms with Crippen molar-refractivity contribution >= 4 is 11.8 Å². The minimum absolute atomic E-state index is 0.0169. The third-order valence-corrected chi connectivity index (χ3v) is 7.03. The van der Waals surface area contributed by atoms with Gasteiger partial charge < -0.3 is 10.2 Å². The Labute approximate surface area is 182 Å². The molecule has 1 saturated carbocycles. The van der Waals surface area contributed by atoms with Gasteiger partial charge in [0.2, 0.25) is 0 Å². The number of hydrogen-bond donors (Lipinski definition) is 2. The zero-order chi connectivity index (χ0) is 21.8. The lowest BCUT2D eigenvalue weighted by atomic mass is 9.88. The molecule has 2 unspecified atom stereocenters. The Balaban J connectivity index is 1.59. The van der Waals surface area contributed by atoms with Crippen LogP contribution in [0.1, 0.15) is 96.8 Å². The lowest BCUT2D eigenvalue weighted by Gasteiger charge is -2.16. The number of aliphatic carboxylic acids is 1. The molecule has 0 heterocycles. The number of carboxylic acid groups (broad SMARTS) is 1. The fraction of sp³-hybridized carbons (Fsp3) is 0.769. The second-order valence-corrected chi connectivity index (χ2v) is 9.56. The van der Waals surface area contributed by atoms with Crippen molar-refractivity contribution in [2.75, 3.05) is 0 Å². The van der Waals surface area contributed by atoms with Crippen LogP contribution in [-0.2, 0) is 9.59 Å². The first-order valence-electron chi connectivity index (χ1n) is 12.3. The molecule has 0 spiro atoms. The van der Waals surface area contributed by atoms with Crippen LogP contribution in [0.25, 0.3) is 0 Å². The van der Waals surface area contributed by atoms with Gasteiger partial charge in [0.25, 0.3) is 0 Å². The van der Waals surface area contributed by atoms with Crippen molar-refractivity contribution in [2.24, 2.45) is 23.7 Å². The van der Waals surface area contributed by atoms with Crippen LogP contribution < -0.4 is 0 Å². The van der Waals surface area contributed by atoms with Gasteiger partial charge in [-0.25, -0.2) is 0 Å². The highest BCUT2D eigenvalue weighted by molar-refractivity contribution is 5.94. The van der Waals surface area contributed by atoms with Crippen molar-refractivity contribution in [2.45, 2.75) is 103 Å². The molecule has 0 aromatic rings. The molecule has 0 radical (unpaired) electrons. The number of carbonyl (C=O) groups is 2. The Morgan fingerprint density at radius 1 is 1.07 bits per heavy atom. The highest BCUT2D eigenvalue weighted by Gasteiger charge is 2.27. The summed E-state index contributed by atoms with van der Waals surface area (Å²) in [6, 6.07) is 0. The molecule has 2 aliphatic carbocycles. The number of allylic oxidation sites excluding steroid dienone is 3. The number of carbonyl (C=O) groups excluding carboxylic acids is 1. The van der Waals surface area contributed by atoms with Crippen LogP contribution in [0.15, 0.2) is 24.3 Å². The zero-order valence-corrected chi connectivity index (χ0v) is 18.8. The van der Waals surface area contributed by atoms with Gasteiger partial charge in [-0.1, -0.05) is 95.8 Å². The van der Waals surface area contributed by atoms with E-state index in [0.717, 1.165) is 44.4 Å². The number of carboxylic acids is 1. The first-order chi connectivity index (χ1) is 14.5. The monoisotopic (exact) mass is 418 g/mol. The lowest BCUT2D eigenvalue weighted by Crippen LogP contribution is -2.15. The summed E-state index contributed by atoms with van der Waals surface area (Å²) in [5.74, 6) is 0.190.